The number of rotatable bonds is 6. The van der Waals surface area contributed by atoms with Crippen molar-refractivity contribution < 1.29 is 14.1 Å². The Bertz CT molecular complexity index is 1390. The van der Waals surface area contributed by atoms with E-state index in [1.54, 1.807) is 30.5 Å². The number of benzene rings is 2. The zero-order chi connectivity index (χ0) is 26.7. The van der Waals surface area contributed by atoms with E-state index in [9.17, 15) is 24.1 Å². The molecule has 0 unspecified atom stereocenters. The van der Waals surface area contributed by atoms with Crippen LogP contribution in [0.25, 0.3) is 0 Å². The van der Waals surface area contributed by atoms with Gasteiger partial charge in [0.05, 0.1) is 29.4 Å². The lowest BCUT2D eigenvalue weighted by Gasteiger charge is -2.37. The summed E-state index contributed by atoms with van der Waals surface area (Å²) in [7, 11) is 0. The van der Waals surface area contributed by atoms with Crippen LogP contribution < -0.4 is 26.4 Å². The minimum Gasteiger partial charge on any atom is -0.366 e. The fraction of sp³-hybridized carbons (Fsp3) is 0.292. The second-order valence-corrected chi connectivity index (χ2v) is 9.26. The summed E-state index contributed by atoms with van der Waals surface area (Å²) < 4.78 is 14.6. The lowest BCUT2D eigenvalue weighted by molar-refractivity contribution is -0.384. The van der Waals surface area contributed by atoms with Crippen LogP contribution in [0.15, 0.2) is 53.5 Å². The van der Waals surface area contributed by atoms with Crippen molar-refractivity contribution in [3.63, 3.8) is 0 Å². The molecule has 3 N–H and O–H groups in total. The van der Waals surface area contributed by atoms with Gasteiger partial charge in [0.25, 0.3) is 11.2 Å². The Balaban J connectivity index is 1.47. The summed E-state index contributed by atoms with van der Waals surface area (Å²) in [5.41, 5.74) is 0.466. The number of amides is 2. The first-order chi connectivity index (χ1) is 17.6. The Morgan fingerprint density at radius 2 is 1.95 bits per heavy atom. The van der Waals surface area contributed by atoms with Gasteiger partial charge < -0.3 is 20.9 Å². The highest BCUT2D eigenvalue weighted by Gasteiger charge is 2.24. The molecule has 1 aromatic heterocycles. The molecule has 2 amide bonds. The number of hydrogen-bond donors (Lipinski definition) is 3. The van der Waals surface area contributed by atoms with Gasteiger partial charge in [-0.1, -0.05) is 23.7 Å². The number of halogens is 2. The fourth-order valence-electron chi connectivity index (χ4n) is 4.28. The SMILES string of the molecule is C[C@@H]1CN(c2cnn(Cc3cccc(NC(=O)Nc4ccc(F)cc4[N+](=O)[O-])c3)c(=O)c2Cl)C[C@H](C)N1. The van der Waals surface area contributed by atoms with E-state index in [0.29, 0.717) is 30.0 Å². The lowest BCUT2D eigenvalue weighted by atomic mass is 10.1. The number of anilines is 3. The van der Waals surface area contributed by atoms with Crippen LogP contribution >= 0.6 is 11.6 Å². The monoisotopic (exact) mass is 529 g/mol. The zero-order valence-corrected chi connectivity index (χ0v) is 20.8. The molecule has 194 valence electrons. The molecule has 1 fully saturated rings. The first-order valence-corrected chi connectivity index (χ1v) is 11.9. The van der Waals surface area contributed by atoms with Crippen molar-refractivity contribution in [3.05, 3.63) is 85.5 Å². The van der Waals surface area contributed by atoms with Crippen LogP contribution in [0.4, 0.5) is 31.9 Å². The quantitative estimate of drug-likeness (QED) is 0.326. The molecule has 0 bridgehead atoms. The zero-order valence-electron chi connectivity index (χ0n) is 20.1. The maximum Gasteiger partial charge on any atom is 0.323 e. The summed E-state index contributed by atoms with van der Waals surface area (Å²) in [6, 6.07) is 9.24. The summed E-state index contributed by atoms with van der Waals surface area (Å²) in [6.45, 7) is 5.63. The van der Waals surface area contributed by atoms with Crippen molar-refractivity contribution in [2.75, 3.05) is 28.6 Å². The minimum absolute atomic E-state index is 0.0887. The van der Waals surface area contributed by atoms with Gasteiger partial charge in [-0.25, -0.2) is 13.9 Å². The van der Waals surface area contributed by atoms with Gasteiger partial charge in [0.1, 0.15) is 16.5 Å². The van der Waals surface area contributed by atoms with Crippen molar-refractivity contribution in [2.45, 2.75) is 32.5 Å². The molecule has 4 rings (SSSR count). The molecule has 1 aliphatic rings. The predicted molar refractivity (Wildman–Crippen MR) is 139 cm³/mol. The smallest absolute Gasteiger partial charge is 0.323 e. The highest BCUT2D eigenvalue weighted by Crippen LogP contribution is 2.26. The van der Waals surface area contributed by atoms with Gasteiger partial charge in [0, 0.05) is 30.9 Å². The van der Waals surface area contributed by atoms with Crippen molar-refractivity contribution in [1.82, 2.24) is 15.1 Å². The molecule has 2 aromatic carbocycles. The molecule has 0 aliphatic carbocycles. The maximum atomic E-state index is 13.3. The Hall–Kier alpha value is -4.03. The molecular weight excluding hydrogens is 505 g/mol. The number of carbonyl (C=O) groups excluding carboxylic acids is 1. The third-order valence-corrected chi connectivity index (χ3v) is 6.14. The van der Waals surface area contributed by atoms with E-state index in [1.807, 2.05) is 4.90 Å². The Morgan fingerprint density at radius 3 is 2.65 bits per heavy atom. The van der Waals surface area contributed by atoms with Gasteiger partial charge in [0.15, 0.2) is 0 Å². The van der Waals surface area contributed by atoms with Crippen molar-refractivity contribution in [1.29, 1.82) is 0 Å². The second-order valence-electron chi connectivity index (χ2n) is 8.88. The molecule has 1 saturated heterocycles. The average Bonchev–Trinajstić information content (AvgIpc) is 2.82. The van der Waals surface area contributed by atoms with E-state index in [2.05, 4.69) is 34.9 Å². The van der Waals surface area contributed by atoms with Crippen molar-refractivity contribution in [2.24, 2.45) is 0 Å². The van der Waals surface area contributed by atoms with Gasteiger partial charge in [-0.05, 0) is 43.7 Å². The number of nitro groups is 1. The van der Waals surface area contributed by atoms with E-state index in [1.165, 1.54) is 4.68 Å². The molecule has 13 heteroatoms. The molecule has 2 atom stereocenters. The molecule has 0 saturated carbocycles. The fourth-order valence-corrected chi connectivity index (χ4v) is 4.55. The van der Waals surface area contributed by atoms with Crippen LogP contribution in [0.3, 0.4) is 0 Å². The Labute approximate surface area is 216 Å². The Morgan fingerprint density at radius 1 is 1.22 bits per heavy atom. The van der Waals surface area contributed by atoms with Crippen LogP contribution in [0.1, 0.15) is 19.4 Å². The number of nitro benzene ring substituents is 1. The second kappa shape index (κ2) is 10.9. The van der Waals surface area contributed by atoms with Gasteiger partial charge in [0.2, 0.25) is 0 Å². The van der Waals surface area contributed by atoms with Crippen molar-refractivity contribution >= 4 is 40.4 Å². The third kappa shape index (κ3) is 6.22. The van der Waals surface area contributed by atoms with Crippen molar-refractivity contribution in [3.8, 4) is 0 Å². The summed E-state index contributed by atoms with van der Waals surface area (Å²) in [5, 5.41) is 23.9. The number of nitrogens with zero attached hydrogens (tertiary/aromatic N) is 4. The van der Waals surface area contributed by atoms with Crippen LogP contribution in [-0.4, -0.2) is 45.9 Å². The summed E-state index contributed by atoms with van der Waals surface area (Å²) in [4.78, 5) is 37.7. The number of urea groups is 1. The van der Waals surface area contributed by atoms with Gasteiger partial charge in [-0.3, -0.25) is 14.9 Å². The van der Waals surface area contributed by atoms with E-state index in [0.717, 1.165) is 18.2 Å². The van der Waals surface area contributed by atoms with Crippen LogP contribution in [-0.2, 0) is 6.54 Å². The minimum atomic E-state index is -0.792. The van der Waals surface area contributed by atoms with E-state index < -0.39 is 28.0 Å². The molecule has 2 heterocycles. The number of hydrogen-bond acceptors (Lipinski definition) is 7. The van der Waals surface area contributed by atoms with Crippen LogP contribution in [0.2, 0.25) is 5.02 Å². The number of aromatic nitrogens is 2. The lowest BCUT2D eigenvalue weighted by Crippen LogP contribution is -2.54. The molecule has 1 aliphatic heterocycles. The molecule has 0 radical (unpaired) electrons. The normalized spacial score (nSPS) is 17.4. The highest BCUT2D eigenvalue weighted by atomic mass is 35.5. The van der Waals surface area contributed by atoms with Gasteiger partial charge in [-0.2, -0.15) is 5.10 Å². The van der Waals surface area contributed by atoms with E-state index >= 15 is 0 Å². The maximum absolute atomic E-state index is 13.3. The average molecular weight is 530 g/mol. The third-order valence-electron chi connectivity index (χ3n) is 5.79. The predicted octanol–water partition coefficient (Wildman–Crippen LogP) is 3.82. The van der Waals surface area contributed by atoms with Crippen LogP contribution in [0, 0.1) is 15.9 Å². The topological polar surface area (TPSA) is 134 Å². The van der Waals surface area contributed by atoms with E-state index in [-0.39, 0.29) is 29.3 Å². The first-order valence-electron chi connectivity index (χ1n) is 11.5. The Kier molecular flexibility index (Phi) is 7.69. The summed E-state index contributed by atoms with van der Waals surface area (Å²) in [5.74, 6) is -0.792. The van der Waals surface area contributed by atoms with Gasteiger partial charge in [-0.15, -0.1) is 0 Å². The first kappa shape index (κ1) is 26.0. The summed E-state index contributed by atoms with van der Waals surface area (Å²) >= 11 is 6.44. The van der Waals surface area contributed by atoms with Crippen LogP contribution in [0.5, 0.6) is 0 Å². The molecule has 3 aromatic rings. The standard InChI is InChI=1S/C24H25ClFN7O4/c1-14-11-31(12-15(2)28-14)21-10-27-32(23(34)22(21)25)13-16-4-3-5-18(8-16)29-24(35)30-19-7-6-17(26)9-20(19)33(36)37/h3-10,14-15,28H,11-13H2,1-2H3,(H2,29,30,35)/t14-,15+. The number of nitrogens with one attached hydrogen (secondary N) is 3. The van der Waals surface area contributed by atoms with Gasteiger partial charge >= 0.3 is 6.03 Å². The number of carbonyl (C=O) groups is 1. The molecule has 37 heavy (non-hydrogen) atoms. The largest absolute Gasteiger partial charge is 0.366 e. The summed E-state index contributed by atoms with van der Waals surface area (Å²) in [6.07, 6.45) is 1.58. The molecule has 11 nitrogen and oxygen atoms in total. The molecular formula is C24H25ClFN7O4. The highest BCUT2D eigenvalue weighted by molar-refractivity contribution is 6.33. The molecule has 0 spiro atoms. The van der Waals surface area contributed by atoms with E-state index in [4.69, 9.17) is 11.6 Å². The number of piperazine rings is 1.